The molecule has 1 saturated carbocycles. The van der Waals surface area contributed by atoms with Crippen molar-refractivity contribution >= 4 is 5.69 Å². The van der Waals surface area contributed by atoms with Gasteiger partial charge >= 0.3 is 0 Å². The highest BCUT2D eigenvalue weighted by Gasteiger charge is 2.36. The number of methoxy groups -OCH3 is 1. The molecule has 1 aliphatic carbocycles. The van der Waals surface area contributed by atoms with Gasteiger partial charge in [0.15, 0.2) is 0 Å². The molecule has 2 aromatic rings. The van der Waals surface area contributed by atoms with Gasteiger partial charge in [-0.2, -0.15) is 4.98 Å². The molecule has 1 fully saturated rings. The van der Waals surface area contributed by atoms with E-state index in [0.29, 0.717) is 17.6 Å². The van der Waals surface area contributed by atoms with E-state index in [0.717, 1.165) is 12.1 Å². The maximum Gasteiger partial charge on any atom is 0.249 e. The van der Waals surface area contributed by atoms with Crippen LogP contribution in [-0.2, 0) is 11.2 Å². The van der Waals surface area contributed by atoms with Crippen molar-refractivity contribution in [2.75, 3.05) is 12.4 Å². The Hall–Kier alpha value is -1.88. The predicted molar refractivity (Wildman–Crippen MR) is 73.3 cm³/mol. The van der Waals surface area contributed by atoms with Crippen molar-refractivity contribution in [3.8, 4) is 0 Å². The minimum absolute atomic E-state index is 0.0173. The van der Waals surface area contributed by atoms with Crippen LogP contribution in [0, 0.1) is 5.92 Å². The Labute approximate surface area is 117 Å². The van der Waals surface area contributed by atoms with Gasteiger partial charge in [0.25, 0.3) is 0 Å². The zero-order chi connectivity index (χ0) is 13.5. The van der Waals surface area contributed by atoms with Gasteiger partial charge in [-0.05, 0) is 30.4 Å². The monoisotopic (exact) mass is 271 g/mol. The zero-order valence-electron chi connectivity index (χ0n) is 11.4. The van der Waals surface area contributed by atoms with Gasteiger partial charge in [-0.25, -0.2) is 0 Å². The summed E-state index contributed by atoms with van der Waals surface area (Å²) < 4.78 is 10.9. The van der Waals surface area contributed by atoms with Gasteiger partial charge < -0.3 is 14.6 Å². The third kappa shape index (κ3) is 1.98. The van der Waals surface area contributed by atoms with Gasteiger partial charge in [0.2, 0.25) is 11.7 Å². The number of ether oxygens (including phenoxy) is 1. The molecule has 1 aromatic heterocycles. The summed E-state index contributed by atoms with van der Waals surface area (Å²) in [5.74, 6) is 1.89. The summed E-state index contributed by atoms with van der Waals surface area (Å²) in [5.41, 5.74) is 2.45. The van der Waals surface area contributed by atoms with E-state index in [4.69, 9.17) is 9.26 Å². The van der Waals surface area contributed by atoms with Crippen LogP contribution in [0.3, 0.4) is 0 Å². The first-order valence-corrected chi connectivity index (χ1v) is 7.06. The summed E-state index contributed by atoms with van der Waals surface area (Å²) in [6.45, 7) is 0. The smallest absolute Gasteiger partial charge is 0.249 e. The standard InChI is InChI=1S/C15H17N3O2/c1-19-13(9-6-7-9)14-17-15(20-18-14)12-8-10-4-2-3-5-11(10)16-12/h2-5,9,12-13,16H,6-8H2,1H3/t12-,13?/m0/s1. The van der Waals surface area contributed by atoms with E-state index in [1.54, 1.807) is 7.11 Å². The number of aromatic nitrogens is 2. The predicted octanol–water partition coefficient (Wildman–Crippen LogP) is 2.88. The fraction of sp³-hybridized carbons (Fsp3) is 0.467. The van der Waals surface area contributed by atoms with E-state index >= 15 is 0 Å². The number of fused-ring (bicyclic) bond motifs is 1. The second kappa shape index (κ2) is 4.59. The maximum atomic E-state index is 5.49. The molecule has 0 saturated heterocycles. The number of hydrogen-bond donors (Lipinski definition) is 1. The lowest BCUT2D eigenvalue weighted by atomic mass is 10.1. The molecule has 4 rings (SSSR count). The summed E-state index contributed by atoms with van der Waals surface area (Å²) in [4.78, 5) is 4.54. The van der Waals surface area contributed by atoms with E-state index in [9.17, 15) is 0 Å². The molecule has 104 valence electrons. The number of para-hydroxylation sites is 1. The third-order valence-corrected chi connectivity index (χ3v) is 4.09. The summed E-state index contributed by atoms with van der Waals surface area (Å²) in [6.07, 6.45) is 3.25. The Morgan fingerprint density at radius 2 is 2.20 bits per heavy atom. The molecule has 0 radical (unpaired) electrons. The Bertz CT molecular complexity index is 596. The fourth-order valence-electron chi connectivity index (χ4n) is 2.86. The lowest BCUT2D eigenvalue weighted by Crippen LogP contribution is -2.08. The number of hydrogen-bond acceptors (Lipinski definition) is 5. The number of anilines is 1. The van der Waals surface area contributed by atoms with Crippen molar-refractivity contribution in [1.29, 1.82) is 0 Å². The number of rotatable bonds is 4. The van der Waals surface area contributed by atoms with Gasteiger partial charge in [-0.1, -0.05) is 23.4 Å². The molecular weight excluding hydrogens is 254 g/mol. The molecular formula is C15H17N3O2. The van der Waals surface area contributed by atoms with Crippen LogP contribution in [0.15, 0.2) is 28.8 Å². The first kappa shape index (κ1) is 11.9. The van der Waals surface area contributed by atoms with Gasteiger partial charge in [0, 0.05) is 19.2 Å². The molecule has 1 aromatic carbocycles. The minimum atomic E-state index is -0.0173. The van der Waals surface area contributed by atoms with Gasteiger partial charge in [0.05, 0.1) is 0 Å². The Morgan fingerprint density at radius 3 is 2.95 bits per heavy atom. The minimum Gasteiger partial charge on any atom is -0.373 e. The highest BCUT2D eigenvalue weighted by molar-refractivity contribution is 5.56. The van der Waals surface area contributed by atoms with Crippen molar-refractivity contribution in [3.05, 3.63) is 41.5 Å². The van der Waals surface area contributed by atoms with Crippen molar-refractivity contribution in [3.63, 3.8) is 0 Å². The summed E-state index contributed by atoms with van der Waals surface area (Å²) in [6, 6.07) is 8.36. The Morgan fingerprint density at radius 1 is 1.35 bits per heavy atom. The van der Waals surface area contributed by atoms with Crippen LogP contribution in [0.2, 0.25) is 0 Å². The highest BCUT2D eigenvalue weighted by Crippen LogP contribution is 2.42. The third-order valence-electron chi connectivity index (χ3n) is 4.09. The molecule has 5 nitrogen and oxygen atoms in total. The topological polar surface area (TPSA) is 60.2 Å². The molecule has 2 heterocycles. The molecule has 0 amide bonds. The first-order valence-electron chi connectivity index (χ1n) is 7.06. The Kier molecular flexibility index (Phi) is 2.73. The number of benzene rings is 1. The molecule has 2 aliphatic rings. The quantitative estimate of drug-likeness (QED) is 0.926. The van der Waals surface area contributed by atoms with Crippen LogP contribution in [0.5, 0.6) is 0 Å². The van der Waals surface area contributed by atoms with E-state index in [1.807, 2.05) is 6.07 Å². The lowest BCUT2D eigenvalue weighted by molar-refractivity contribution is 0.0751. The molecule has 5 heteroatoms. The van der Waals surface area contributed by atoms with E-state index in [-0.39, 0.29) is 12.1 Å². The fourth-order valence-corrected chi connectivity index (χ4v) is 2.86. The number of nitrogens with one attached hydrogen (secondary N) is 1. The summed E-state index contributed by atoms with van der Waals surface area (Å²) in [5, 5.41) is 7.53. The summed E-state index contributed by atoms with van der Waals surface area (Å²) >= 11 is 0. The van der Waals surface area contributed by atoms with Crippen LogP contribution < -0.4 is 5.32 Å². The largest absolute Gasteiger partial charge is 0.373 e. The molecule has 0 spiro atoms. The van der Waals surface area contributed by atoms with E-state index < -0.39 is 0 Å². The first-order chi connectivity index (χ1) is 9.85. The maximum absolute atomic E-state index is 5.49. The average molecular weight is 271 g/mol. The Balaban J connectivity index is 1.55. The molecule has 1 N–H and O–H groups in total. The highest BCUT2D eigenvalue weighted by atomic mass is 16.5. The van der Waals surface area contributed by atoms with Crippen LogP contribution in [-0.4, -0.2) is 17.3 Å². The summed E-state index contributed by atoms with van der Waals surface area (Å²) in [7, 11) is 1.71. The van der Waals surface area contributed by atoms with Crippen LogP contribution in [0.4, 0.5) is 5.69 Å². The van der Waals surface area contributed by atoms with Gasteiger partial charge in [0.1, 0.15) is 12.1 Å². The molecule has 2 atom stereocenters. The molecule has 1 unspecified atom stereocenters. The molecule has 1 aliphatic heterocycles. The van der Waals surface area contributed by atoms with E-state index in [1.165, 1.54) is 18.4 Å². The normalized spacial score (nSPS) is 22.4. The van der Waals surface area contributed by atoms with E-state index in [2.05, 4.69) is 33.7 Å². The zero-order valence-corrected chi connectivity index (χ0v) is 11.4. The van der Waals surface area contributed by atoms with Crippen LogP contribution in [0.1, 0.15) is 42.3 Å². The van der Waals surface area contributed by atoms with Crippen LogP contribution in [0.25, 0.3) is 0 Å². The second-order valence-electron chi connectivity index (χ2n) is 5.54. The van der Waals surface area contributed by atoms with Crippen LogP contribution >= 0.6 is 0 Å². The average Bonchev–Trinajstić information content (AvgIpc) is 3.03. The SMILES string of the molecule is COC(c1noc([C@@H]2Cc3ccccc3N2)n1)C1CC1. The molecule has 20 heavy (non-hydrogen) atoms. The molecule has 0 bridgehead atoms. The van der Waals surface area contributed by atoms with Crippen molar-refractivity contribution in [2.24, 2.45) is 5.92 Å². The van der Waals surface area contributed by atoms with Crippen molar-refractivity contribution in [1.82, 2.24) is 10.1 Å². The van der Waals surface area contributed by atoms with Gasteiger partial charge in [-0.15, -0.1) is 0 Å². The van der Waals surface area contributed by atoms with Gasteiger partial charge in [-0.3, -0.25) is 0 Å². The number of nitrogens with zero attached hydrogens (tertiary/aromatic N) is 2. The van der Waals surface area contributed by atoms with Crippen molar-refractivity contribution < 1.29 is 9.26 Å². The van der Waals surface area contributed by atoms with Crippen molar-refractivity contribution in [2.45, 2.75) is 31.4 Å². The second-order valence-corrected chi connectivity index (χ2v) is 5.54. The lowest BCUT2D eigenvalue weighted by Gasteiger charge is -2.08.